The first kappa shape index (κ1) is 16.5. The van der Waals surface area contributed by atoms with Gasteiger partial charge in [0.1, 0.15) is 0 Å². The number of rotatable bonds is 4. The van der Waals surface area contributed by atoms with Crippen molar-refractivity contribution in [2.24, 2.45) is 0 Å². The molecule has 1 N–H and O–H groups in total. The van der Waals surface area contributed by atoms with E-state index in [-0.39, 0.29) is 5.41 Å². The first-order valence-corrected chi connectivity index (χ1v) is 8.02. The summed E-state index contributed by atoms with van der Waals surface area (Å²) < 4.78 is 5.67. The Morgan fingerprint density at radius 2 is 1.95 bits per heavy atom. The molecule has 0 spiro atoms. The molecule has 3 nitrogen and oxygen atoms in total. The van der Waals surface area contributed by atoms with Crippen LogP contribution < -0.4 is 0 Å². The molecular formula is C18H29NO2. The standard InChI is InChI=1S/C18H29NO2/c1-5-16-12-19(10-11-21-16)13-17(20)14-6-8-15(9-7-14)18(2,3)4/h6-9,16-17,20H,5,10-13H2,1-4H3. The second-order valence-corrected chi connectivity index (χ2v) is 7.05. The van der Waals surface area contributed by atoms with Crippen LogP contribution >= 0.6 is 0 Å². The van der Waals surface area contributed by atoms with Gasteiger partial charge in [-0.1, -0.05) is 52.0 Å². The van der Waals surface area contributed by atoms with Crippen LogP contribution in [-0.4, -0.2) is 42.4 Å². The summed E-state index contributed by atoms with van der Waals surface area (Å²) in [6.07, 6.45) is 0.927. The number of morpholine rings is 1. The molecule has 1 aliphatic rings. The second-order valence-electron chi connectivity index (χ2n) is 7.05. The lowest BCUT2D eigenvalue weighted by molar-refractivity contribution is -0.0418. The Balaban J connectivity index is 1.95. The van der Waals surface area contributed by atoms with Gasteiger partial charge in [-0.2, -0.15) is 0 Å². The summed E-state index contributed by atoms with van der Waals surface area (Å²) in [4.78, 5) is 2.31. The van der Waals surface area contributed by atoms with Gasteiger partial charge in [0.15, 0.2) is 0 Å². The van der Waals surface area contributed by atoms with Gasteiger partial charge in [0.25, 0.3) is 0 Å². The van der Waals surface area contributed by atoms with E-state index in [9.17, 15) is 5.11 Å². The lowest BCUT2D eigenvalue weighted by Crippen LogP contribution is -2.43. The third kappa shape index (κ3) is 4.53. The highest BCUT2D eigenvalue weighted by atomic mass is 16.5. The van der Waals surface area contributed by atoms with E-state index < -0.39 is 6.10 Å². The van der Waals surface area contributed by atoms with Crippen molar-refractivity contribution in [2.45, 2.75) is 51.7 Å². The fraction of sp³-hybridized carbons (Fsp3) is 0.667. The fourth-order valence-corrected chi connectivity index (χ4v) is 2.75. The molecule has 3 heteroatoms. The van der Waals surface area contributed by atoms with E-state index in [1.807, 2.05) is 0 Å². The molecule has 0 aliphatic carbocycles. The number of ether oxygens (including phenoxy) is 1. The summed E-state index contributed by atoms with van der Waals surface area (Å²) in [5.74, 6) is 0. The zero-order valence-corrected chi connectivity index (χ0v) is 13.8. The molecule has 0 aromatic heterocycles. The summed E-state index contributed by atoms with van der Waals surface area (Å²) in [5.41, 5.74) is 2.46. The molecule has 2 atom stereocenters. The van der Waals surface area contributed by atoms with Crippen molar-refractivity contribution in [2.75, 3.05) is 26.2 Å². The van der Waals surface area contributed by atoms with Gasteiger partial charge in [0, 0.05) is 19.6 Å². The van der Waals surface area contributed by atoms with E-state index in [0.717, 1.165) is 31.7 Å². The van der Waals surface area contributed by atoms with Crippen LogP contribution in [0.1, 0.15) is 51.3 Å². The molecule has 2 unspecified atom stereocenters. The number of β-amino-alcohol motifs (C(OH)–C–C–N with tert-alkyl or cyclic N) is 1. The molecule has 118 valence electrons. The Morgan fingerprint density at radius 1 is 1.29 bits per heavy atom. The van der Waals surface area contributed by atoms with Gasteiger partial charge in [0.05, 0.1) is 18.8 Å². The van der Waals surface area contributed by atoms with Gasteiger partial charge in [-0.3, -0.25) is 4.90 Å². The molecular weight excluding hydrogens is 262 g/mol. The minimum Gasteiger partial charge on any atom is -0.387 e. The van der Waals surface area contributed by atoms with E-state index in [2.05, 4.69) is 56.9 Å². The number of hydrogen-bond donors (Lipinski definition) is 1. The molecule has 0 bridgehead atoms. The van der Waals surface area contributed by atoms with Crippen molar-refractivity contribution in [1.82, 2.24) is 4.90 Å². The van der Waals surface area contributed by atoms with Gasteiger partial charge in [-0.05, 0) is 23.0 Å². The predicted molar refractivity (Wildman–Crippen MR) is 86.6 cm³/mol. The molecule has 1 aromatic rings. The van der Waals surface area contributed by atoms with Crippen molar-refractivity contribution in [3.63, 3.8) is 0 Å². The van der Waals surface area contributed by atoms with Gasteiger partial charge < -0.3 is 9.84 Å². The number of aliphatic hydroxyl groups is 1. The quantitative estimate of drug-likeness (QED) is 0.925. The first-order chi connectivity index (χ1) is 9.90. The largest absolute Gasteiger partial charge is 0.387 e. The second kappa shape index (κ2) is 6.91. The molecule has 1 heterocycles. The summed E-state index contributed by atoms with van der Waals surface area (Å²) in [6.45, 7) is 12.1. The third-order valence-corrected chi connectivity index (χ3v) is 4.27. The molecule has 1 aliphatic heterocycles. The average Bonchev–Trinajstić information content (AvgIpc) is 2.46. The average molecular weight is 291 g/mol. The predicted octanol–water partition coefficient (Wildman–Crippen LogP) is 3.13. The molecule has 1 fully saturated rings. The van der Waals surface area contributed by atoms with Crippen LogP contribution in [0.2, 0.25) is 0 Å². The van der Waals surface area contributed by atoms with Crippen LogP contribution in [0.15, 0.2) is 24.3 Å². The van der Waals surface area contributed by atoms with Gasteiger partial charge in [0.2, 0.25) is 0 Å². The van der Waals surface area contributed by atoms with E-state index in [4.69, 9.17) is 4.74 Å². The topological polar surface area (TPSA) is 32.7 Å². The van der Waals surface area contributed by atoms with E-state index in [1.54, 1.807) is 0 Å². The Bertz CT molecular complexity index is 436. The van der Waals surface area contributed by atoms with Crippen LogP contribution in [0.3, 0.4) is 0 Å². The van der Waals surface area contributed by atoms with Crippen LogP contribution in [0, 0.1) is 0 Å². The Hall–Kier alpha value is -0.900. The molecule has 0 saturated carbocycles. The maximum atomic E-state index is 10.4. The molecule has 1 aromatic carbocycles. The number of hydrogen-bond acceptors (Lipinski definition) is 3. The molecule has 2 rings (SSSR count). The van der Waals surface area contributed by atoms with E-state index >= 15 is 0 Å². The Kier molecular flexibility index (Phi) is 5.42. The lowest BCUT2D eigenvalue weighted by Gasteiger charge is -2.33. The number of aliphatic hydroxyl groups excluding tert-OH is 1. The lowest BCUT2D eigenvalue weighted by atomic mass is 9.86. The number of nitrogens with zero attached hydrogens (tertiary/aromatic N) is 1. The minimum atomic E-state index is -0.422. The summed E-state index contributed by atoms with van der Waals surface area (Å²) in [7, 11) is 0. The highest BCUT2D eigenvalue weighted by molar-refractivity contribution is 5.28. The van der Waals surface area contributed by atoms with Crippen molar-refractivity contribution >= 4 is 0 Å². The van der Waals surface area contributed by atoms with Crippen LogP contribution in [0.5, 0.6) is 0 Å². The molecule has 0 amide bonds. The normalized spacial score (nSPS) is 22.2. The molecule has 21 heavy (non-hydrogen) atoms. The van der Waals surface area contributed by atoms with Crippen molar-refractivity contribution in [3.05, 3.63) is 35.4 Å². The minimum absolute atomic E-state index is 0.155. The van der Waals surface area contributed by atoms with Crippen molar-refractivity contribution < 1.29 is 9.84 Å². The fourth-order valence-electron chi connectivity index (χ4n) is 2.75. The smallest absolute Gasteiger partial charge is 0.0916 e. The number of benzene rings is 1. The van der Waals surface area contributed by atoms with Crippen LogP contribution in [0.25, 0.3) is 0 Å². The van der Waals surface area contributed by atoms with Gasteiger partial charge in [-0.25, -0.2) is 0 Å². The maximum absolute atomic E-state index is 10.4. The summed E-state index contributed by atoms with van der Waals surface area (Å²) in [6, 6.07) is 8.38. The summed E-state index contributed by atoms with van der Waals surface area (Å²) >= 11 is 0. The van der Waals surface area contributed by atoms with Gasteiger partial charge >= 0.3 is 0 Å². The van der Waals surface area contributed by atoms with E-state index in [1.165, 1.54) is 5.56 Å². The van der Waals surface area contributed by atoms with E-state index in [0.29, 0.717) is 12.6 Å². The third-order valence-electron chi connectivity index (χ3n) is 4.27. The first-order valence-electron chi connectivity index (χ1n) is 8.02. The summed E-state index contributed by atoms with van der Waals surface area (Å²) in [5, 5.41) is 10.4. The molecule has 0 radical (unpaired) electrons. The van der Waals surface area contributed by atoms with Crippen molar-refractivity contribution in [3.8, 4) is 0 Å². The van der Waals surface area contributed by atoms with Gasteiger partial charge in [-0.15, -0.1) is 0 Å². The van der Waals surface area contributed by atoms with Crippen LogP contribution in [-0.2, 0) is 10.2 Å². The Morgan fingerprint density at radius 3 is 2.52 bits per heavy atom. The zero-order chi connectivity index (χ0) is 15.5. The zero-order valence-electron chi connectivity index (χ0n) is 13.8. The molecule has 1 saturated heterocycles. The SMILES string of the molecule is CCC1CN(CC(O)c2ccc(C(C)(C)C)cc2)CCO1. The highest BCUT2D eigenvalue weighted by Gasteiger charge is 2.22. The Labute approximate surface area is 128 Å². The van der Waals surface area contributed by atoms with Crippen molar-refractivity contribution in [1.29, 1.82) is 0 Å². The maximum Gasteiger partial charge on any atom is 0.0916 e. The monoisotopic (exact) mass is 291 g/mol. The van der Waals surface area contributed by atoms with Crippen LogP contribution in [0.4, 0.5) is 0 Å². The highest BCUT2D eigenvalue weighted by Crippen LogP contribution is 2.24.